The monoisotopic (exact) mass is 217 g/mol. The number of hydrogen-bond donors (Lipinski definition) is 1. The molecule has 1 aromatic carbocycles. The Morgan fingerprint density at radius 3 is 3.06 bits per heavy atom. The van der Waals surface area contributed by atoms with Crippen LogP contribution in [0.1, 0.15) is 31.0 Å². The fourth-order valence-corrected chi connectivity index (χ4v) is 1.96. The maximum Gasteiger partial charge on any atom is 0.0721 e. The van der Waals surface area contributed by atoms with Crippen molar-refractivity contribution in [3.63, 3.8) is 0 Å². The van der Waals surface area contributed by atoms with Gasteiger partial charge in [-0.25, -0.2) is 0 Å². The van der Waals surface area contributed by atoms with E-state index in [9.17, 15) is 0 Å². The van der Waals surface area contributed by atoms with E-state index in [0.717, 1.165) is 19.8 Å². The van der Waals surface area contributed by atoms with Gasteiger partial charge in [-0.3, -0.25) is 0 Å². The summed E-state index contributed by atoms with van der Waals surface area (Å²) in [6.45, 7) is 6.66. The second-order valence-electron chi connectivity index (χ2n) is 4.46. The number of ether oxygens (including phenoxy) is 1. The second kappa shape index (κ2) is 5.28. The average Bonchev–Trinajstić information content (AvgIpc) is 2.29. The third-order valence-corrected chi connectivity index (χ3v) is 2.85. The van der Waals surface area contributed by atoms with E-state index in [1.165, 1.54) is 16.7 Å². The molecule has 1 N–H and O–H groups in total. The molecule has 0 aliphatic carbocycles. The van der Waals surface area contributed by atoms with E-state index in [0.29, 0.717) is 6.04 Å². The van der Waals surface area contributed by atoms with Gasteiger partial charge in [0.25, 0.3) is 0 Å². The van der Waals surface area contributed by atoms with Crippen LogP contribution in [0.3, 0.4) is 0 Å². The number of fused-ring (bicyclic) bond motifs is 1. The van der Waals surface area contributed by atoms with E-state index in [2.05, 4.69) is 49.5 Å². The van der Waals surface area contributed by atoms with E-state index in [1.54, 1.807) is 0 Å². The van der Waals surface area contributed by atoms with Crippen LogP contribution in [0.25, 0.3) is 0 Å². The first kappa shape index (κ1) is 11.4. The lowest BCUT2D eigenvalue weighted by Crippen LogP contribution is -2.29. The molecule has 1 aliphatic heterocycles. The molecular formula is C14H19NO. The van der Waals surface area contributed by atoms with Gasteiger partial charge in [-0.2, -0.15) is 0 Å². The van der Waals surface area contributed by atoms with Gasteiger partial charge in [0.2, 0.25) is 0 Å². The van der Waals surface area contributed by atoms with Gasteiger partial charge >= 0.3 is 0 Å². The van der Waals surface area contributed by atoms with Crippen molar-refractivity contribution in [1.82, 2.24) is 5.32 Å². The van der Waals surface area contributed by atoms with Crippen molar-refractivity contribution in [1.29, 1.82) is 0 Å². The van der Waals surface area contributed by atoms with Gasteiger partial charge in [-0.05, 0) is 25.0 Å². The molecule has 0 amide bonds. The Balaban J connectivity index is 2.04. The van der Waals surface area contributed by atoms with E-state index in [-0.39, 0.29) is 0 Å². The first-order valence-electron chi connectivity index (χ1n) is 5.79. The molecule has 0 radical (unpaired) electrons. The lowest BCUT2D eigenvalue weighted by molar-refractivity contribution is 0.0832. The van der Waals surface area contributed by atoms with Crippen LogP contribution in [0.15, 0.2) is 35.9 Å². The highest BCUT2D eigenvalue weighted by molar-refractivity contribution is 5.31. The fraction of sp³-hybridized carbons (Fsp3) is 0.429. The Hall–Kier alpha value is -1.12. The van der Waals surface area contributed by atoms with Crippen LogP contribution in [0.2, 0.25) is 0 Å². The zero-order chi connectivity index (χ0) is 11.4. The SMILES string of the molecule is CC(C)=CCNC1COCc2ccccc21. The quantitative estimate of drug-likeness (QED) is 0.786. The zero-order valence-electron chi connectivity index (χ0n) is 9.99. The molecule has 1 unspecified atom stereocenters. The first-order chi connectivity index (χ1) is 7.77. The van der Waals surface area contributed by atoms with Crippen molar-refractivity contribution in [2.24, 2.45) is 0 Å². The highest BCUT2D eigenvalue weighted by Crippen LogP contribution is 2.24. The Bertz CT molecular complexity index is 380. The topological polar surface area (TPSA) is 21.3 Å². The van der Waals surface area contributed by atoms with Crippen molar-refractivity contribution in [3.05, 3.63) is 47.0 Å². The predicted octanol–water partition coefficient (Wildman–Crippen LogP) is 2.81. The summed E-state index contributed by atoms with van der Waals surface area (Å²) in [7, 11) is 0. The maximum absolute atomic E-state index is 5.58. The lowest BCUT2D eigenvalue weighted by Gasteiger charge is -2.26. The molecule has 16 heavy (non-hydrogen) atoms. The van der Waals surface area contributed by atoms with E-state index >= 15 is 0 Å². The van der Waals surface area contributed by atoms with Gasteiger partial charge in [0.15, 0.2) is 0 Å². The van der Waals surface area contributed by atoms with Crippen molar-refractivity contribution in [2.45, 2.75) is 26.5 Å². The van der Waals surface area contributed by atoms with Gasteiger partial charge in [0.05, 0.1) is 19.3 Å². The van der Waals surface area contributed by atoms with Crippen LogP contribution >= 0.6 is 0 Å². The summed E-state index contributed by atoms with van der Waals surface area (Å²) in [6.07, 6.45) is 2.21. The van der Waals surface area contributed by atoms with Crippen molar-refractivity contribution in [3.8, 4) is 0 Å². The average molecular weight is 217 g/mol. The summed E-state index contributed by atoms with van der Waals surface area (Å²) in [5.41, 5.74) is 4.04. The number of benzene rings is 1. The fourth-order valence-electron chi connectivity index (χ4n) is 1.96. The minimum atomic E-state index is 0.334. The molecular weight excluding hydrogens is 198 g/mol. The van der Waals surface area contributed by atoms with Gasteiger partial charge in [-0.1, -0.05) is 35.9 Å². The molecule has 0 aromatic heterocycles. The summed E-state index contributed by atoms with van der Waals surface area (Å²) < 4.78 is 5.58. The highest BCUT2D eigenvalue weighted by Gasteiger charge is 2.18. The molecule has 2 rings (SSSR count). The Labute approximate surface area is 97.3 Å². The van der Waals surface area contributed by atoms with Gasteiger partial charge < -0.3 is 10.1 Å². The van der Waals surface area contributed by atoms with Crippen LogP contribution in [0, 0.1) is 0 Å². The van der Waals surface area contributed by atoms with Crippen molar-refractivity contribution < 1.29 is 4.74 Å². The van der Waals surface area contributed by atoms with Crippen LogP contribution in [0.4, 0.5) is 0 Å². The molecule has 0 saturated carbocycles. The van der Waals surface area contributed by atoms with Crippen LogP contribution in [0.5, 0.6) is 0 Å². The number of allylic oxidation sites excluding steroid dienone is 1. The maximum atomic E-state index is 5.58. The summed E-state index contributed by atoms with van der Waals surface area (Å²) in [5.74, 6) is 0. The zero-order valence-corrected chi connectivity index (χ0v) is 9.99. The van der Waals surface area contributed by atoms with E-state index < -0.39 is 0 Å². The smallest absolute Gasteiger partial charge is 0.0721 e. The third kappa shape index (κ3) is 2.71. The number of nitrogens with one attached hydrogen (secondary N) is 1. The normalized spacial score (nSPS) is 19.0. The molecule has 2 nitrogen and oxygen atoms in total. The van der Waals surface area contributed by atoms with Gasteiger partial charge in [0.1, 0.15) is 0 Å². The molecule has 1 atom stereocenters. The van der Waals surface area contributed by atoms with Crippen LogP contribution in [-0.4, -0.2) is 13.2 Å². The highest BCUT2D eigenvalue weighted by atomic mass is 16.5. The molecule has 1 aliphatic rings. The Kier molecular flexibility index (Phi) is 3.75. The molecule has 86 valence electrons. The van der Waals surface area contributed by atoms with E-state index in [4.69, 9.17) is 4.74 Å². The Morgan fingerprint density at radius 2 is 2.25 bits per heavy atom. The minimum absolute atomic E-state index is 0.334. The molecule has 0 saturated heterocycles. The number of hydrogen-bond acceptors (Lipinski definition) is 2. The summed E-state index contributed by atoms with van der Waals surface area (Å²) in [4.78, 5) is 0. The van der Waals surface area contributed by atoms with Crippen molar-refractivity contribution in [2.75, 3.05) is 13.2 Å². The third-order valence-electron chi connectivity index (χ3n) is 2.85. The second-order valence-corrected chi connectivity index (χ2v) is 4.46. The van der Waals surface area contributed by atoms with Crippen LogP contribution in [-0.2, 0) is 11.3 Å². The first-order valence-corrected chi connectivity index (χ1v) is 5.79. The molecule has 0 spiro atoms. The molecule has 0 fully saturated rings. The summed E-state index contributed by atoms with van der Waals surface area (Å²) >= 11 is 0. The summed E-state index contributed by atoms with van der Waals surface area (Å²) in [5, 5.41) is 3.51. The number of rotatable bonds is 3. The molecule has 1 heterocycles. The molecule has 0 bridgehead atoms. The van der Waals surface area contributed by atoms with Gasteiger partial charge in [-0.15, -0.1) is 0 Å². The lowest BCUT2D eigenvalue weighted by atomic mass is 9.99. The molecule has 1 aromatic rings. The molecule has 2 heteroatoms. The van der Waals surface area contributed by atoms with E-state index in [1.807, 2.05) is 0 Å². The minimum Gasteiger partial charge on any atom is -0.375 e. The standard InChI is InChI=1S/C14H19NO/c1-11(2)7-8-15-14-10-16-9-12-5-3-4-6-13(12)14/h3-7,14-15H,8-10H2,1-2H3. The van der Waals surface area contributed by atoms with Gasteiger partial charge in [0, 0.05) is 6.54 Å². The summed E-state index contributed by atoms with van der Waals surface area (Å²) in [6, 6.07) is 8.84. The van der Waals surface area contributed by atoms with Crippen molar-refractivity contribution >= 4 is 0 Å². The Morgan fingerprint density at radius 1 is 1.44 bits per heavy atom. The largest absolute Gasteiger partial charge is 0.375 e. The predicted molar refractivity (Wildman–Crippen MR) is 66.3 cm³/mol. The van der Waals surface area contributed by atoms with Crippen LogP contribution < -0.4 is 5.32 Å².